The number of hydrogen-bond donors (Lipinski definition) is 1. The minimum absolute atomic E-state index is 0.265. The summed E-state index contributed by atoms with van der Waals surface area (Å²) in [5, 5.41) is 0. The summed E-state index contributed by atoms with van der Waals surface area (Å²) in [6.45, 7) is 4.22. The smallest absolute Gasteiger partial charge is 0.409 e. The summed E-state index contributed by atoms with van der Waals surface area (Å²) < 4.78 is 4.90. The Morgan fingerprint density at radius 3 is 2.59 bits per heavy atom. The van der Waals surface area contributed by atoms with Crippen LogP contribution in [0.4, 0.5) is 4.79 Å². The SMILES string of the molecule is CCc1ccc(OC(N)=O)cc1C(C)N(C)C. The zero-order valence-corrected chi connectivity index (χ0v) is 10.9. The second-order valence-electron chi connectivity index (χ2n) is 4.27. The van der Waals surface area contributed by atoms with Gasteiger partial charge in [0, 0.05) is 6.04 Å². The monoisotopic (exact) mass is 236 g/mol. The van der Waals surface area contributed by atoms with E-state index in [2.05, 4.69) is 18.7 Å². The second-order valence-corrected chi connectivity index (χ2v) is 4.27. The third-order valence-corrected chi connectivity index (χ3v) is 2.94. The standard InChI is InChI=1S/C13H20N2O2/c1-5-10-6-7-11(17-13(14)16)8-12(10)9(2)15(3)4/h6-9H,5H2,1-4H3,(H2,14,16). The minimum Gasteiger partial charge on any atom is -0.410 e. The van der Waals surface area contributed by atoms with Crippen molar-refractivity contribution in [1.82, 2.24) is 4.90 Å². The van der Waals surface area contributed by atoms with Crippen LogP contribution in [0.25, 0.3) is 0 Å². The largest absolute Gasteiger partial charge is 0.410 e. The molecule has 0 heterocycles. The van der Waals surface area contributed by atoms with Gasteiger partial charge >= 0.3 is 6.09 Å². The lowest BCUT2D eigenvalue weighted by atomic mass is 9.98. The first-order valence-corrected chi connectivity index (χ1v) is 5.72. The van der Waals surface area contributed by atoms with Crippen LogP contribution in [0.1, 0.15) is 31.0 Å². The van der Waals surface area contributed by atoms with Crippen LogP contribution in [0, 0.1) is 0 Å². The van der Waals surface area contributed by atoms with Crippen LogP contribution in [0.15, 0.2) is 18.2 Å². The number of primary amides is 1. The molecule has 0 saturated heterocycles. The van der Waals surface area contributed by atoms with Crippen LogP contribution in [0.2, 0.25) is 0 Å². The van der Waals surface area contributed by atoms with Crippen molar-refractivity contribution in [2.75, 3.05) is 14.1 Å². The Bertz CT molecular complexity index is 402. The number of nitrogens with two attached hydrogens (primary N) is 1. The highest BCUT2D eigenvalue weighted by molar-refractivity contribution is 5.68. The molecule has 0 aliphatic rings. The molecule has 4 heteroatoms. The highest BCUT2D eigenvalue weighted by Crippen LogP contribution is 2.26. The number of hydrogen-bond acceptors (Lipinski definition) is 3. The molecule has 0 spiro atoms. The highest BCUT2D eigenvalue weighted by Gasteiger charge is 2.13. The van der Waals surface area contributed by atoms with Crippen LogP contribution >= 0.6 is 0 Å². The van der Waals surface area contributed by atoms with E-state index in [-0.39, 0.29) is 6.04 Å². The van der Waals surface area contributed by atoms with Gasteiger partial charge in [0.1, 0.15) is 5.75 Å². The van der Waals surface area contributed by atoms with E-state index in [1.54, 1.807) is 6.07 Å². The second kappa shape index (κ2) is 5.68. The number of ether oxygens (including phenoxy) is 1. The molecule has 1 amide bonds. The molecule has 0 saturated carbocycles. The molecule has 4 nitrogen and oxygen atoms in total. The molecule has 2 N–H and O–H groups in total. The van der Waals surface area contributed by atoms with E-state index >= 15 is 0 Å². The van der Waals surface area contributed by atoms with Gasteiger partial charge in [-0.05, 0) is 50.7 Å². The van der Waals surface area contributed by atoms with E-state index in [1.807, 2.05) is 26.2 Å². The van der Waals surface area contributed by atoms with Crippen molar-refractivity contribution in [3.05, 3.63) is 29.3 Å². The molecule has 94 valence electrons. The zero-order chi connectivity index (χ0) is 13.0. The zero-order valence-electron chi connectivity index (χ0n) is 10.9. The predicted molar refractivity (Wildman–Crippen MR) is 68.1 cm³/mol. The van der Waals surface area contributed by atoms with Crippen molar-refractivity contribution in [3.8, 4) is 5.75 Å². The first-order chi connectivity index (χ1) is 7.95. The van der Waals surface area contributed by atoms with Crippen molar-refractivity contribution >= 4 is 6.09 Å². The topological polar surface area (TPSA) is 55.6 Å². The van der Waals surface area contributed by atoms with Crippen molar-refractivity contribution in [2.24, 2.45) is 5.73 Å². The van der Waals surface area contributed by atoms with Crippen molar-refractivity contribution in [1.29, 1.82) is 0 Å². The van der Waals surface area contributed by atoms with Crippen LogP contribution in [0.3, 0.4) is 0 Å². The van der Waals surface area contributed by atoms with Crippen LogP contribution in [-0.4, -0.2) is 25.1 Å². The molecule has 0 aliphatic heterocycles. The summed E-state index contributed by atoms with van der Waals surface area (Å²) in [6, 6.07) is 5.90. The molecule has 1 aromatic rings. The number of rotatable bonds is 4. The van der Waals surface area contributed by atoms with Crippen molar-refractivity contribution < 1.29 is 9.53 Å². The lowest BCUT2D eigenvalue weighted by Gasteiger charge is -2.23. The van der Waals surface area contributed by atoms with Gasteiger partial charge in [0.2, 0.25) is 0 Å². The molecule has 1 rings (SSSR count). The molecule has 1 aromatic carbocycles. The fourth-order valence-electron chi connectivity index (χ4n) is 1.74. The van der Waals surface area contributed by atoms with Gasteiger partial charge in [-0.3, -0.25) is 0 Å². The average molecular weight is 236 g/mol. The Morgan fingerprint density at radius 2 is 2.12 bits per heavy atom. The fraction of sp³-hybridized carbons (Fsp3) is 0.462. The van der Waals surface area contributed by atoms with Crippen molar-refractivity contribution in [3.63, 3.8) is 0 Å². The molecule has 1 atom stereocenters. The predicted octanol–water partition coefficient (Wildman–Crippen LogP) is 2.33. The number of aryl methyl sites for hydroxylation is 1. The van der Waals surface area contributed by atoms with E-state index in [4.69, 9.17) is 10.5 Å². The molecule has 0 aliphatic carbocycles. The minimum atomic E-state index is -0.780. The highest BCUT2D eigenvalue weighted by atomic mass is 16.5. The van der Waals surface area contributed by atoms with Gasteiger partial charge in [0.25, 0.3) is 0 Å². The average Bonchev–Trinajstić information content (AvgIpc) is 2.27. The summed E-state index contributed by atoms with van der Waals surface area (Å²) in [4.78, 5) is 12.8. The Labute approximate surface area is 102 Å². The first kappa shape index (κ1) is 13.5. The maximum Gasteiger partial charge on any atom is 0.409 e. The van der Waals surface area contributed by atoms with E-state index in [0.29, 0.717) is 5.75 Å². The van der Waals surface area contributed by atoms with E-state index in [1.165, 1.54) is 5.56 Å². The van der Waals surface area contributed by atoms with Gasteiger partial charge in [0.05, 0.1) is 0 Å². The summed E-state index contributed by atoms with van der Waals surface area (Å²) in [7, 11) is 4.04. The van der Waals surface area contributed by atoms with Gasteiger partial charge in [-0.1, -0.05) is 13.0 Å². The maximum absolute atomic E-state index is 10.7. The van der Waals surface area contributed by atoms with E-state index < -0.39 is 6.09 Å². The molecule has 17 heavy (non-hydrogen) atoms. The number of benzene rings is 1. The van der Waals surface area contributed by atoms with Gasteiger partial charge in [-0.2, -0.15) is 0 Å². The third-order valence-electron chi connectivity index (χ3n) is 2.94. The Hall–Kier alpha value is -1.55. The van der Waals surface area contributed by atoms with E-state index in [0.717, 1.165) is 12.0 Å². The summed E-state index contributed by atoms with van der Waals surface area (Å²) in [5.74, 6) is 0.499. The number of carbonyl (C=O) groups is 1. The van der Waals surface area contributed by atoms with Crippen LogP contribution < -0.4 is 10.5 Å². The normalized spacial score (nSPS) is 12.5. The number of nitrogens with zero attached hydrogens (tertiary/aromatic N) is 1. The summed E-state index contributed by atoms with van der Waals surface area (Å²) in [6.07, 6.45) is 0.169. The van der Waals surface area contributed by atoms with E-state index in [9.17, 15) is 4.79 Å². The first-order valence-electron chi connectivity index (χ1n) is 5.72. The molecule has 0 bridgehead atoms. The Morgan fingerprint density at radius 1 is 1.47 bits per heavy atom. The van der Waals surface area contributed by atoms with Gasteiger partial charge in [-0.15, -0.1) is 0 Å². The lowest BCUT2D eigenvalue weighted by Crippen LogP contribution is -2.19. The number of amides is 1. The van der Waals surface area contributed by atoms with Crippen LogP contribution in [0.5, 0.6) is 5.75 Å². The van der Waals surface area contributed by atoms with Gasteiger partial charge in [-0.25, -0.2) is 4.79 Å². The molecule has 0 aromatic heterocycles. The van der Waals surface area contributed by atoms with Crippen LogP contribution in [-0.2, 0) is 6.42 Å². The molecular formula is C13H20N2O2. The Kier molecular flexibility index (Phi) is 4.52. The quantitative estimate of drug-likeness (QED) is 0.873. The molecular weight excluding hydrogens is 216 g/mol. The van der Waals surface area contributed by atoms with Gasteiger partial charge < -0.3 is 15.4 Å². The molecule has 1 unspecified atom stereocenters. The lowest BCUT2D eigenvalue weighted by molar-refractivity contribution is 0.210. The van der Waals surface area contributed by atoms with Crippen molar-refractivity contribution in [2.45, 2.75) is 26.3 Å². The third kappa shape index (κ3) is 3.46. The molecule has 0 radical (unpaired) electrons. The Balaban J connectivity index is 3.10. The fourth-order valence-corrected chi connectivity index (χ4v) is 1.74. The summed E-state index contributed by atoms with van der Waals surface area (Å²) in [5.41, 5.74) is 7.43. The maximum atomic E-state index is 10.7. The number of carbonyl (C=O) groups excluding carboxylic acids is 1. The van der Waals surface area contributed by atoms with Gasteiger partial charge in [0.15, 0.2) is 0 Å². The summed E-state index contributed by atoms with van der Waals surface area (Å²) >= 11 is 0. The molecule has 0 fully saturated rings.